The molecule has 0 aromatic heterocycles. The molecule has 0 aromatic carbocycles. The van der Waals surface area contributed by atoms with E-state index in [2.05, 4.69) is 27.3 Å². The van der Waals surface area contributed by atoms with E-state index in [0.29, 0.717) is 6.42 Å². The van der Waals surface area contributed by atoms with E-state index >= 15 is 0 Å². The van der Waals surface area contributed by atoms with E-state index in [0.717, 1.165) is 0 Å². The SMILES string of the molecule is COC(=O)CC/C=C/CC(C/C=C/C=C/I)(C(=O)OC(C)(C)C)C(=O)OC(C)(C)C. The molecule has 170 valence electrons. The highest BCUT2D eigenvalue weighted by Gasteiger charge is 2.49. The number of hydrogen-bond donors (Lipinski definition) is 0. The van der Waals surface area contributed by atoms with Crippen molar-refractivity contribution >= 4 is 40.5 Å². The number of ether oxygens (including phenoxy) is 3. The van der Waals surface area contributed by atoms with Crippen LogP contribution in [0.25, 0.3) is 0 Å². The molecule has 0 bridgehead atoms. The Kier molecular flexibility index (Phi) is 12.2. The first-order valence-corrected chi connectivity index (χ1v) is 11.1. The Morgan fingerprint density at radius 1 is 0.800 bits per heavy atom. The van der Waals surface area contributed by atoms with Crippen LogP contribution < -0.4 is 0 Å². The minimum absolute atomic E-state index is 0.0935. The largest absolute Gasteiger partial charge is 0.469 e. The van der Waals surface area contributed by atoms with Crippen molar-refractivity contribution in [1.82, 2.24) is 0 Å². The molecule has 0 heterocycles. The lowest BCUT2D eigenvalue weighted by Crippen LogP contribution is -2.46. The normalized spacial score (nSPS) is 13.2. The minimum Gasteiger partial charge on any atom is -0.469 e. The molecule has 0 fully saturated rings. The van der Waals surface area contributed by atoms with E-state index in [1.54, 1.807) is 65.8 Å². The zero-order valence-corrected chi connectivity index (χ0v) is 21.3. The minimum atomic E-state index is -1.53. The van der Waals surface area contributed by atoms with Crippen LogP contribution in [0.3, 0.4) is 0 Å². The van der Waals surface area contributed by atoms with E-state index in [1.807, 2.05) is 10.2 Å². The molecule has 0 amide bonds. The molecule has 0 radical (unpaired) electrons. The number of esters is 3. The van der Waals surface area contributed by atoms with Crippen LogP contribution in [0.4, 0.5) is 0 Å². The van der Waals surface area contributed by atoms with Crippen molar-refractivity contribution in [1.29, 1.82) is 0 Å². The number of hydrogen-bond acceptors (Lipinski definition) is 6. The summed E-state index contributed by atoms with van der Waals surface area (Å²) < 4.78 is 17.7. The van der Waals surface area contributed by atoms with Crippen molar-refractivity contribution in [3.05, 3.63) is 34.5 Å². The van der Waals surface area contributed by atoms with Crippen molar-refractivity contribution in [3.63, 3.8) is 0 Å². The Morgan fingerprint density at radius 2 is 1.30 bits per heavy atom. The molecule has 0 aliphatic heterocycles. The molecule has 30 heavy (non-hydrogen) atoms. The van der Waals surface area contributed by atoms with Crippen LogP contribution in [0.2, 0.25) is 0 Å². The lowest BCUT2D eigenvalue weighted by molar-refractivity contribution is -0.185. The van der Waals surface area contributed by atoms with E-state index in [9.17, 15) is 14.4 Å². The topological polar surface area (TPSA) is 78.9 Å². The van der Waals surface area contributed by atoms with Gasteiger partial charge in [0, 0.05) is 6.42 Å². The Bertz CT molecular complexity index is 634. The maximum Gasteiger partial charge on any atom is 0.324 e. The molecule has 0 unspecified atom stereocenters. The van der Waals surface area contributed by atoms with Gasteiger partial charge in [-0.25, -0.2) is 0 Å². The van der Waals surface area contributed by atoms with Crippen molar-refractivity contribution in [3.8, 4) is 0 Å². The highest BCUT2D eigenvalue weighted by molar-refractivity contribution is 14.1. The van der Waals surface area contributed by atoms with Crippen LogP contribution >= 0.6 is 22.6 Å². The highest BCUT2D eigenvalue weighted by atomic mass is 127. The van der Waals surface area contributed by atoms with Crippen molar-refractivity contribution in [2.75, 3.05) is 7.11 Å². The smallest absolute Gasteiger partial charge is 0.324 e. The predicted octanol–water partition coefficient (Wildman–Crippen LogP) is 5.45. The molecular formula is C23H35IO6. The summed E-state index contributed by atoms with van der Waals surface area (Å²) in [5.41, 5.74) is -3.05. The first-order valence-electron chi connectivity index (χ1n) is 9.88. The summed E-state index contributed by atoms with van der Waals surface area (Å²) in [4.78, 5) is 37.7. The van der Waals surface area contributed by atoms with Crippen molar-refractivity contribution < 1.29 is 28.6 Å². The summed E-state index contributed by atoms with van der Waals surface area (Å²) >= 11 is 2.09. The third-order valence-electron chi connectivity index (χ3n) is 3.74. The predicted molar refractivity (Wildman–Crippen MR) is 126 cm³/mol. The number of rotatable bonds is 10. The van der Waals surface area contributed by atoms with E-state index < -0.39 is 28.6 Å². The van der Waals surface area contributed by atoms with Gasteiger partial charge in [-0.05, 0) is 64.9 Å². The lowest BCUT2D eigenvalue weighted by atomic mass is 9.80. The summed E-state index contributed by atoms with van der Waals surface area (Å²) in [5.74, 6) is -1.59. The van der Waals surface area contributed by atoms with Crippen molar-refractivity contribution in [2.45, 2.75) is 78.4 Å². The Morgan fingerprint density at radius 3 is 1.73 bits per heavy atom. The van der Waals surface area contributed by atoms with Gasteiger partial charge in [-0.15, -0.1) is 0 Å². The zero-order valence-electron chi connectivity index (χ0n) is 19.1. The van der Waals surface area contributed by atoms with Crippen LogP contribution in [-0.4, -0.2) is 36.2 Å². The monoisotopic (exact) mass is 534 g/mol. The molecular weight excluding hydrogens is 499 g/mol. The van der Waals surface area contributed by atoms with Crippen LogP contribution in [0.5, 0.6) is 0 Å². The summed E-state index contributed by atoms with van der Waals surface area (Å²) in [6.45, 7) is 10.5. The van der Waals surface area contributed by atoms with E-state index in [4.69, 9.17) is 9.47 Å². The average molecular weight is 534 g/mol. The summed E-state index contributed by atoms with van der Waals surface area (Å²) in [7, 11) is 1.33. The van der Waals surface area contributed by atoms with Gasteiger partial charge in [0.05, 0.1) is 7.11 Å². The number of carbonyl (C=O) groups is 3. The number of carbonyl (C=O) groups excluding carboxylic acids is 3. The third-order valence-corrected chi connectivity index (χ3v) is 4.16. The Labute approximate surface area is 194 Å². The summed E-state index contributed by atoms with van der Waals surface area (Å²) in [6, 6.07) is 0. The fraction of sp³-hybridized carbons (Fsp3) is 0.609. The van der Waals surface area contributed by atoms with Gasteiger partial charge < -0.3 is 14.2 Å². The Hall–Kier alpha value is -1.64. The molecule has 6 nitrogen and oxygen atoms in total. The van der Waals surface area contributed by atoms with Gasteiger partial charge in [-0.2, -0.15) is 0 Å². The van der Waals surface area contributed by atoms with Gasteiger partial charge in [0.15, 0.2) is 5.41 Å². The van der Waals surface area contributed by atoms with Gasteiger partial charge in [0.2, 0.25) is 0 Å². The molecule has 0 spiro atoms. The second-order valence-electron chi connectivity index (χ2n) is 8.83. The molecule has 0 saturated carbocycles. The number of allylic oxidation sites excluding steroid dienone is 5. The van der Waals surface area contributed by atoms with Gasteiger partial charge in [0.25, 0.3) is 0 Å². The van der Waals surface area contributed by atoms with Crippen LogP contribution in [0.15, 0.2) is 34.5 Å². The van der Waals surface area contributed by atoms with Gasteiger partial charge in [-0.1, -0.05) is 53.0 Å². The highest BCUT2D eigenvalue weighted by Crippen LogP contribution is 2.35. The molecule has 7 heteroatoms. The van der Waals surface area contributed by atoms with Crippen LogP contribution in [0, 0.1) is 5.41 Å². The fourth-order valence-electron chi connectivity index (χ4n) is 2.35. The maximum absolute atomic E-state index is 13.2. The maximum atomic E-state index is 13.2. The molecule has 0 atom stereocenters. The lowest BCUT2D eigenvalue weighted by Gasteiger charge is -2.33. The van der Waals surface area contributed by atoms with Crippen molar-refractivity contribution in [2.24, 2.45) is 5.41 Å². The molecule has 0 rings (SSSR count). The first-order chi connectivity index (χ1) is 13.8. The molecule has 0 aliphatic carbocycles. The van der Waals surface area contributed by atoms with E-state index in [1.165, 1.54) is 7.11 Å². The van der Waals surface area contributed by atoms with Gasteiger partial charge >= 0.3 is 17.9 Å². The van der Waals surface area contributed by atoms with E-state index in [-0.39, 0.29) is 25.2 Å². The molecule has 0 aromatic rings. The van der Waals surface area contributed by atoms with Gasteiger partial charge in [-0.3, -0.25) is 14.4 Å². The average Bonchev–Trinajstić information content (AvgIpc) is 2.59. The molecule has 0 saturated heterocycles. The fourth-order valence-corrected chi connectivity index (χ4v) is 2.59. The van der Waals surface area contributed by atoms with Crippen LogP contribution in [-0.2, 0) is 28.6 Å². The Balaban J connectivity index is 5.93. The third kappa shape index (κ3) is 11.5. The molecule has 0 aliphatic rings. The number of halogens is 1. The van der Waals surface area contributed by atoms with Gasteiger partial charge in [0.1, 0.15) is 11.2 Å². The summed E-state index contributed by atoms with van der Waals surface area (Å²) in [5, 5.41) is 0. The van der Waals surface area contributed by atoms with Crippen LogP contribution in [0.1, 0.15) is 67.2 Å². The quantitative estimate of drug-likeness (QED) is 0.0927. The standard InChI is InChI=1S/C23H35IO6/c1-21(2,3)29-19(26)23(16-12-9-13-17-24,20(27)30-22(4,5)6)15-11-8-10-14-18(25)28-7/h8-9,11-13,17H,10,14-16H2,1-7H3/b11-8+,12-9+,17-13+. The summed E-state index contributed by atoms with van der Waals surface area (Å²) in [6.07, 6.45) is 9.70. The second-order valence-corrected chi connectivity index (χ2v) is 9.55. The number of methoxy groups -OCH3 is 1. The first kappa shape index (κ1) is 28.4. The second kappa shape index (κ2) is 12.9. The molecule has 0 N–H and O–H groups in total. The zero-order chi connectivity index (χ0) is 23.4.